The number of anilines is 1. The highest BCUT2D eigenvalue weighted by Crippen LogP contribution is 2.41. The maximum absolute atomic E-state index is 12.6. The zero-order chi connectivity index (χ0) is 16.7. The second-order valence-electron chi connectivity index (χ2n) is 7.02. The number of nitrogens with one attached hydrogen (secondary N) is 1. The summed E-state index contributed by atoms with van der Waals surface area (Å²) in [6.45, 7) is 3.02. The number of hydrogen-bond donors (Lipinski definition) is 1. The van der Waals surface area contributed by atoms with Gasteiger partial charge in [0.25, 0.3) is 0 Å². The molecule has 1 aliphatic heterocycles. The van der Waals surface area contributed by atoms with Crippen LogP contribution in [0.15, 0.2) is 24.3 Å². The van der Waals surface area contributed by atoms with Gasteiger partial charge in [-0.1, -0.05) is 17.7 Å². The van der Waals surface area contributed by atoms with Crippen molar-refractivity contribution in [1.29, 1.82) is 0 Å². The van der Waals surface area contributed by atoms with E-state index in [-0.39, 0.29) is 23.7 Å². The molecule has 0 radical (unpaired) electrons. The zero-order valence-corrected chi connectivity index (χ0v) is 14.3. The van der Waals surface area contributed by atoms with Crippen LogP contribution in [0.2, 0.25) is 5.02 Å². The lowest BCUT2D eigenvalue weighted by atomic mass is 10.2. The minimum atomic E-state index is -0.0959. The molecule has 1 aromatic rings. The molecule has 6 heteroatoms. The molecule has 5 nitrogen and oxygen atoms in total. The topological polar surface area (TPSA) is 52.7 Å². The van der Waals surface area contributed by atoms with Crippen LogP contribution in [0.4, 0.5) is 5.69 Å². The number of carbonyl (C=O) groups excluding carboxylic acids is 2. The number of halogens is 1. The highest BCUT2D eigenvalue weighted by atomic mass is 35.5. The van der Waals surface area contributed by atoms with Crippen LogP contribution < -0.4 is 10.2 Å². The fourth-order valence-corrected chi connectivity index (χ4v) is 3.57. The molecule has 0 aromatic heterocycles. The smallest absolute Gasteiger partial charge is 0.226 e. The van der Waals surface area contributed by atoms with E-state index in [1.807, 2.05) is 29.2 Å². The average molecular weight is 348 g/mol. The third kappa shape index (κ3) is 3.36. The molecule has 24 heavy (non-hydrogen) atoms. The first-order valence-electron chi connectivity index (χ1n) is 8.71. The van der Waals surface area contributed by atoms with Crippen molar-refractivity contribution in [2.45, 2.75) is 25.3 Å². The first-order valence-corrected chi connectivity index (χ1v) is 9.09. The van der Waals surface area contributed by atoms with E-state index in [9.17, 15) is 9.59 Å². The fraction of sp³-hybridized carbons (Fsp3) is 0.556. The average Bonchev–Trinajstić information content (AvgIpc) is 3.48. The van der Waals surface area contributed by atoms with E-state index < -0.39 is 0 Å². The van der Waals surface area contributed by atoms with E-state index in [1.165, 1.54) is 0 Å². The van der Waals surface area contributed by atoms with Gasteiger partial charge in [-0.25, -0.2) is 0 Å². The Morgan fingerprint density at radius 1 is 1.08 bits per heavy atom. The van der Waals surface area contributed by atoms with Crippen molar-refractivity contribution < 1.29 is 9.59 Å². The summed E-state index contributed by atoms with van der Waals surface area (Å²) in [7, 11) is 0. The molecule has 0 spiro atoms. The Hall–Kier alpha value is -1.75. The number of carbonyl (C=O) groups is 2. The molecule has 2 atom stereocenters. The van der Waals surface area contributed by atoms with Crippen LogP contribution in [0.3, 0.4) is 0 Å². The number of piperazine rings is 1. The molecule has 128 valence electrons. The summed E-state index contributed by atoms with van der Waals surface area (Å²) >= 11 is 6.05. The van der Waals surface area contributed by atoms with Gasteiger partial charge in [0.2, 0.25) is 11.8 Å². The van der Waals surface area contributed by atoms with Crippen molar-refractivity contribution in [3.63, 3.8) is 0 Å². The van der Waals surface area contributed by atoms with E-state index in [2.05, 4.69) is 10.2 Å². The van der Waals surface area contributed by atoms with Crippen LogP contribution in [-0.4, -0.2) is 48.9 Å². The van der Waals surface area contributed by atoms with E-state index >= 15 is 0 Å². The quantitative estimate of drug-likeness (QED) is 0.905. The highest BCUT2D eigenvalue weighted by Gasteiger charge is 2.50. The standard InChI is InChI=1S/C18H22ClN3O2/c19-12-2-1-3-14(10-12)21-6-8-22(9-7-21)18(24)16-11-15(16)17(23)20-13-4-5-13/h1-3,10,13,15-16H,4-9,11H2,(H,20,23). The molecular weight excluding hydrogens is 326 g/mol. The Kier molecular flexibility index (Phi) is 4.12. The van der Waals surface area contributed by atoms with E-state index in [1.54, 1.807) is 0 Å². The molecule has 2 aliphatic carbocycles. The summed E-state index contributed by atoms with van der Waals surface area (Å²) in [5.74, 6) is 0.0376. The van der Waals surface area contributed by atoms with Gasteiger partial charge in [-0.05, 0) is 37.5 Å². The first kappa shape index (κ1) is 15.8. The van der Waals surface area contributed by atoms with Gasteiger partial charge < -0.3 is 15.1 Å². The van der Waals surface area contributed by atoms with Crippen LogP contribution in [0.25, 0.3) is 0 Å². The zero-order valence-electron chi connectivity index (χ0n) is 13.6. The molecule has 0 bridgehead atoms. The molecule has 4 rings (SSSR count). The lowest BCUT2D eigenvalue weighted by molar-refractivity contribution is -0.135. The van der Waals surface area contributed by atoms with Crippen LogP contribution in [-0.2, 0) is 9.59 Å². The van der Waals surface area contributed by atoms with Crippen molar-refractivity contribution in [2.75, 3.05) is 31.1 Å². The van der Waals surface area contributed by atoms with Crippen LogP contribution >= 0.6 is 11.6 Å². The Morgan fingerprint density at radius 2 is 1.83 bits per heavy atom. The second kappa shape index (κ2) is 6.28. The maximum Gasteiger partial charge on any atom is 0.226 e. The van der Waals surface area contributed by atoms with E-state index in [0.717, 1.165) is 36.6 Å². The van der Waals surface area contributed by atoms with Gasteiger partial charge in [0.05, 0.1) is 11.8 Å². The minimum absolute atomic E-state index is 0.0772. The Bertz CT molecular complexity index is 653. The molecule has 3 aliphatic rings. The first-order chi connectivity index (χ1) is 11.6. The number of rotatable bonds is 4. The fourth-order valence-electron chi connectivity index (χ4n) is 3.39. The normalized spacial score (nSPS) is 26.2. The number of benzene rings is 1. The van der Waals surface area contributed by atoms with Crippen LogP contribution in [0.1, 0.15) is 19.3 Å². The molecule has 2 unspecified atom stereocenters. The third-order valence-corrected chi connectivity index (χ3v) is 5.37. The van der Waals surface area contributed by atoms with Gasteiger partial charge in [0, 0.05) is 42.9 Å². The van der Waals surface area contributed by atoms with Crippen LogP contribution in [0, 0.1) is 11.8 Å². The Labute approximate surface area is 146 Å². The summed E-state index contributed by atoms with van der Waals surface area (Å²) in [5.41, 5.74) is 1.10. The van der Waals surface area contributed by atoms with Crippen molar-refractivity contribution in [2.24, 2.45) is 11.8 Å². The molecular formula is C18H22ClN3O2. The summed E-state index contributed by atoms with van der Waals surface area (Å²) < 4.78 is 0. The van der Waals surface area contributed by atoms with Crippen molar-refractivity contribution >= 4 is 29.1 Å². The summed E-state index contributed by atoms with van der Waals surface area (Å²) in [5, 5.41) is 3.74. The second-order valence-corrected chi connectivity index (χ2v) is 7.46. The van der Waals surface area contributed by atoms with Gasteiger partial charge in [0.1, 0.15) is 0 Å². The summed E-state index contributed by atoms with van der Waals surface area (Å²) in [6, 6.07) is 8.18. The van der Waals surface area contributed by atoms with Crippen molar-refractivity contribution in [3.05, 3.63) is 29.3 Å². The molecule has 1 heterocycles. The van der Waals surface area contributed by atoms with E-state index in [4.69, 9.17) is 11.6 Å². The summed E-state index contributed by atoms with van der Waals surface area (Å²) in [4.78, 5) is 28.8. The minimum Gasteiger partial charge on any atom is -0.368 e. The van der Waals surface area contributed by atoms with Gasteiger partial charge in [-0.2, -0.15) is 0 Å². The van der Waals surface area contributed by atoms with Gasteiger partial charge in [-0.3, -0.25) is 9.59 Å². The molecule has 3 fully saturated rings. The summed E-state index contributed by atoms with van der Waals surface area (Å²) in [6.07, 6.45) is 2.89. The highest BCUT2D eigenvalue weighted by molar-refractivity contribution is 6.30. The third-order valence-electron chi connectivity index (χ3n) is 5.13. The van der Waals surface area contributed by atoms with E-state index in [0.29, 0.717) is 25.6 Å². The van der Waals surface area contributed by atoms with Gasteiger partial charge >= 0.3 is 0 Å². The molecule has 1 N–H and O–H groups in total. The Morgan fingerprint density at radius 3 is 2.50 bits per heavy atom. The molecule has 2 saturated carbocycles. The van der Waals surface area contributed by atoms with Crippen molar-refractivity contribution in [1.82, 2.24) is 10.2 Å². The Balaban J connectivity index is 1.28. The molecule has 1 saturated heterocycles. The number of nitrogens with zero attached hydrogens (tertiary/aromatic N) is 2. The SMILES string of the molecule is O=C(NC1CC1)C1CC1C(=O)N1CCN(c2cccc(Cl)c2)CC1. The predicted molar refractivity (Wildman–Crippen MR) is 93.0 cm³/mol. The lowest BCUT2D eigenvalue weighted by Crippen LogP contribution is -2.49. The van der Waals surface area contributed by atoms with Crippen LogP contribution in [0.5, 0.6) is 0 Å². The van der Waals surface area contributed by atoms with Gasteiger partial charge in [0.15, 0.2) is 0 Å². The number of amides is 2. The van der Waals surface area contributed by atoms with Gasteiger partial charge in [-0.15, -0.1) is 0 Å². The predicted octanol–water partition coefficient (Wildman–Crippen LogP) is 1.90. The van der Waals surface area contributed by atoms with Crippen molar-refractivity contribution in [3.8, 4) is 0 Å². The molecule has 1 aromatic carbocycles. The lowest BCUT2D eigenvalue weighted by Gasteiger charge is -2.36. The monoisotopic (exact) mass is 347 g/mol. The molecule has 2 amide bonds. The number of hydrogen-bond acceptors (Lipinski definition) is 3. The maximum atomic E-state index is 12.6. The largest absolute Gasteiger partial charge is 0.368 e.